The van der Waals surface area contributed by atoms with Crippen LogP contribution in [0.3, 0.4) is 0 Å². The molecule has 8 aromatic carbocycles. The van der Waals surface area contributed by atoms with Crippen LogP contribution in [0.25, 0.3) is 60.6 Å². The Morgan fingerprint density at radius 1 is 0.382 bits per heavy atom. The molecule has 0 fully saturated rings. The summed E-state index contributed by atoms with van der Waals surface area (Å²) in [7, 11) is 0. The smallest absolute Gasteiger partial charge is 0.0468 e. The van der Waals surface area contributed by atoms with E-state index in [1.807, 2.05) is 0 Å². The van der Waals surface area contributed by atoms with E-state index in [0.717, 1.165) is 55.6 Å². The molecule has 0 radical (unpaired) electrons. The summed E-state index contributed by atoms with van der Waals surface area (Å²) in [4.78, 5) is 4.94. The number of benzene rings is 8. The Bertz CT molecular complexity index is 3390. The third-order valence-corrected chi connectivity index (χ3v) is 14.4. The first-order valence-corrected chi connectivity index (χ1v) is 24.9. The minimum atomic E-state index is 0.0628. The fraction of sp³-hybridized carbons (Fsp3) is 0.212. The molecule has 11 rings (SSSR count). The number of nitrogens with zero attached hydrogens (tertiary/aromatic N) is 2. The van der Waals surface area contributed by atoms with Gasteiger partial charge >= 0.3 is 0 Å². The molecule has 68 heavy (non-hydrogen) atoms. The van der Waals surface area contributed by atoms with E-state index in [-0.39, 0.29) is 10.8 Å². The number of hydrogen-bond donors (Lipinski definition) is 0. The lowest BCUT2D eigenvalue weighted by molar-refractivity contribution is 0.590. The predicted octanol–water partition coefficient (Wildman–Crippen LogP) is 18.8. The highest BCUT2D eigenvalue weighted by Gasteiger charge is 2.25. The molecule has 3 aliphatic rings. The summed E-state index contributed by atoms with van der Waals surface area (Å²) in [5.41, 5.74) is 17.6. The second-order valence-electron chi connectivity index (χ2n) is 21.1. The van der Waals surface area contributed by atoms with E-state index in [0.29, 0.717) is 0 Å². The van der Waals surface area contributed by atoms with Crippen LogP contribution in [0, 0.1) is 0 Å². The van der Waals surface area contributed by atoms with Gasteiger partial charge in [-0.15, -0.1) is 0 Å². The van der Waals surface area contributed by atoms with E-state index in [2.05, 4.69) is 246 Å². The van der Waals surface area contributed by atoms with Crippen molar-refractivity contribution < 1.29 is 0 Å². The topological polar surface area (TPSA) is 6.48 Å². The third-order valence-electron chi connectivity index (χ3n) is 14.4. The minimum Gasteiger partial charge on any atom is -0.311 e. The van der Waals surface area contributed by atoms with Crippen LogP contribution < -0.4 is 9.80 Å². The Labute approximate surface area is 404 Å². The standard InChI is InChI=1S/C66H62N2/c1-65(2,3)51-29-33-55(34-30-51)67(53-21-9-7-10-22-53)57-37-39-59-61(43-57)63(49-27-25-45-17-13-15-19-47(45)41-49)60-40-38-58(44-62(60)64(59)50-28-26-46-18-14-16-20-48(46)42-50)68(54-23-11-8-12-24-54)56-35-31-52(32-36-56)66(4,5)6/h9,11,13-15,17-19,21-44H,7-8,10,12,16,20H2,1-6H3. The highest BCUT2D eigenvalue weighted by molar-refractivity contribution is 6.23. The van der Waals surface area contributed by atoms with Crippen molar-refractivity contribution in [1.29, 1.82) is 0 Å². The zero-order valence-corrected chi connectivity index (χ0v) is 40.6. The maximum absolute atomic E-state index is 2.49. The summed E-state index contributed by atoms with van der Waals surface area (Å²) in [5, 5.41) is 7.48. The number of allylic oxidation sites excluding steroid dienone is 7. The monoisotopic (exact) mass is 882 g/mol. The lowest BCUT2D eigenvalue weighted by atomic mass is 9.83. The second kappa shape index (κ2) is 17.5. The second-order valence-corrected chi connectivity index (χ2v) is 21.1. The molecule has 0 N–H and O–H groups in total. The van der Waals surface area contributed by atoms with E-state index < -0.39 is 0 Å². The summed E-state index contributed by atoms with van der Waals surface area (Å²) in [6.07, 6.45) is 25.0. The molecule has 0 bridgehead atoms. The molecule has 0 unspecified atom stereocenters. The molecule has 0 spiro atoms. The molecule has 0 heterocycles. The number of anilines is 4. The predicted molar refractivity (Wildman–Crippen MR) is 295 cm³/mol. The van der Waals surface area contributed by atoms with Gasteiger partial charge in [0.15, 0.2) is 0 Å². The van der Waals surface area contributed by atoms with Crippen molar-refractivity contribution >= 4 is 61.1 Å². The van der Waals surface area contributed by atoms with Crippen LogP contribution in [-0.2, 0) is 17.3 Å². The normalized spacial score (nSPS) is 14.9. The van der Waals surface area contributed by atoms with Crippen LogP contribution in [0.15, 0.2) is 200 Å². The van der Waals surface area contributed by atoms with Gasteiger partial charge in [-0.05, 0) is 193 Å². The van der Waals surface area contributed by atoms with Gasteiger partial charge in [-0.25, -0.2) is 0 Å². The Morgan fingerprint density at radius 2 is 0.868 bits per heavy atom. The first-order chi connectivity index (χ1) is 33.0. The van der Waals surface area contributed by atoms with Gasteiger partial charge in [-0.2, -0.15) is 0 Å². The van der Waals surface area contributed by atoms with Gasteiger partial charge in [0.25, 0.3) is 0 Å². The highest BCUT2D eigenvalue weighted by Crippen LogP contribution is 2.49. The summed E-state index contributed by atoms with van der Waals surface area (Å²) in [6.45, 7) is 13.8. The Hall–Kier alpha value is -7.16. The Kier molecular flexibility index (Phi) is 11.2. The molecular formula is C66H62N2. The fourth-order valence-electron chi connectivity index (χ4n) is 10.7. The van der Waals surface area contributed by atoms with Gasteiger partial charge in [-0.3, -0.25) is 0 Å². The van der Waals surface area contributed by atoms with Crippen LogP contribution in [0.2, 0.25) is 0 Å². The largest absolute Gasteiger partial charge is 0.311 e. The van der Waals surface area contributed by atoms with Crippen LogP contribution in [0.4, 0.5) is 22.7 Å². The summed E-state index contributed by atoms with van der Waals surface area (Å²) >= 11 is 0. The molecule has 0 saturated heterocycles. The highest BCUT2D eigenvalue weighted by atomic mass is 15.2. The Morgan fingerprint density at radius 3 is 1.38 bits per heavy atom. The maximum atomic E-state index is 2.49. The van der Waals surface area contributed by atoms with Gasteiger partial charge < -0.3 is 9.80 Å². The van der Waals surface area contributed by atoms with Gasteiger partial charge in [0.05, 0.1) is 0 Å². The van der Waals surface area contributed by atoms with E-state index >= 15 is 0 Å². The molecule has 8 aromatic rings. The summed E-state index contributed by atoms with van der Waals surface area (Å²) < 4.78 is 0. The molecule has 0 aromatic heterocycles. The summed E-state index contributed by atoms with van der Waals surface area (Å²) in [5.74, 6) is 0. The molecule has 336 valence electrons. The molecule has 3 aliphatic carbocycles. The van der Waals surface area contributed by atoms with Crippen LogP contribution in [0.1, 0.15) is 95.9 Å². The lowest BCUT2D eigenvalue weighted by Gasteiger charge is -2.30. The van der Waals surface area contributed by atoms with E-state index in [9.17, 15) is 0 Å². The van der Waals surface area contributed by atoms with Crippen molar-refractivity contribution in [2.75, 3.05) is 9.80 Å². The minimum absolute atomic E-state index is 0.0628. The first kappa shape index (κ1) is 43.4. The number of aryl methyl sites for hydroxylation is 1. The summed E-state index contributed by atoms with van der Waals surface area (Å²) in [6, 6.07) is 56.1. The third kappa shape index (κ3) is 8.21. The molecule has 2 heteroatoms. The molecular weight excluding hydrogens is 821 g/mol. The van der Waals surface area contributed by atoms with Gasteiger partial charge in [0.1, 0.15) is 0 Å². The molecule has 0 atom stereocenters. The van der Waals surface area contributed by atoms with Crippen molar-refractivity contribution in [3.8, 4) is 22.3 Å². The van der Waals surface area contributed by atoms with Crippen molar-refractivity contribution in [1.82, 2.24) is 0 Å². The van der Waals surface area contributed by atoms with Crippen molar-refractivity contribution in [2.45, 2.75) is 90.9 Å². The first-order valence-electron chi connectivity index (χ1n) is 24.9. The van der Waals surface area contributed by atoms with E-state index in [4.69, 9.17) is 0 Å². The van der Waals surface area contributed by atoms with Crippen molar-refractivity contribution in [3.63, 3.8) is 0 Å². The van der Waals surface area contributed by atoms with Crippen molar-refractivity contribution in [2.24, 2.45) is 0 Å². The molecule has 2 nitrogen and oxygen atoms in total. The number of hydrogen-bond acceptors (Lipinski definition) is 2. The van der Waals surface area contributed by atoms with Gasteiger partial charge in [0.2, 0.25) is 0 Å². The van der Waals surface area contributed by atoms with E-state index in [1.165, 1.54) is 93.9 Å². The molecule has 0 saturated carbocycles. The van der Waals surface area contributed by atoms with Gasteiger partial charge in [0, 0.05) is 34.1 Å². The van der Waals surface area contributed by atoms with Crippen LogP contribution >= 0.6 is 0 Å². The molecule has 0 aliphatic heterocycles. The fourth-order valence-corrected chi connectivity index (χ4v) is 10.7. The quantitative estimate of drug-likeness (QED) is 0.140. The van der Waals surface area contributed by atoms with Crippen LogP contribution in [-0.4, -0.2) is 0 Å². The zero-order chi connectivity index (χ0) is 46.6. The SMILES string of the molecule is CC(C)(C)c1ccc(N(C2=CCCC=C2)c2ccc3c(-c4ccc5ccccc5c4)c4cc(N(C5=CCCC=C5)c5ccc(C(C)(C)C)cc5)ccc4c(-c4ccc5c(c4)CCC=C5)c3c2)cc1. The van der Waals surface area contributed by atoms with Crippen molar-refractivity contribution in [3.05, 3.63) is 222 Å². The van der Waals surface area contributed by atoms with Gasteiger partial charge in [-0.1, -0.05) is 169 Å². The average Bonchev–Trinajstić information content (AvgIpc) is 3.36. The maximum Gasteiger partial charge on any atom is 0.0468 e. The lowest BCUT2D eigenvalue weighted by Crippen LogP contribution is -2.17. The average molecular weight is 883 g/mol. The number of rotatable bonds is 8. The Balaban J connectivity index is 1.22. The van der Waals surface area contributed by atoms with E-state index in [1.54, 1.807) is 0 Å². The number of fused-ring (bicyclic) bond motifs is 4. The zero-order valence-electron chi connectivity index (χ0n) is 40.6. The molecule has 0 amide bonds. The van der Waals surface area contributed by atoms with Crippen LogP contribution in [0.5, 0.6) is 0 Å².